The van der Waals surface area contributed by atoms with Gasteiger partial charge in [-0.3, -0.25) is 9.69 Å². The van der Waals surface area contributed by atoms with Crippen LogP contribution in [-0.4, -0.2) is 55.0 Å². The Balaban J connectivity index is 1.40. The van der Waals surface area contributed by atoms with Crippen molar-refractivity contribution >= 4 is 23.4 Å². The Morgan fingerprint density at radius 2 is 2.13 bits per heavy atom. The molecule has 8 nitrogen and oxygen atoms in total. The second kappa shape index (κ2) is 8.35. The molecule has 0 spiro atoms. The van der Waals surface area contributed by atoms with E-state index in [1.807, 2.05) is 4.90 Å². The largest absolute Gasteiger partial charge is 0.442 e. The summed E-state index contributed by atoms with van der Waals surface area (Å²) >= 11 is 0. The molecule has 2 saturated heterocycles. The van der Waals surface area contributed by atoms with Crippen LogP contribution in [0.15, 0.2) is 18.2 Å². The first-order valence-electron chi connectivity index (χ1n) is 10.7. The fourth-order valence-corrected chi connectivity index (χ4v) is 4.56. The van der Waals surface area contributed by atoms with Crippen molar-refractivity contribution in [3.63, 3.8) is 0 Å². The number of nitrogens with zero attached hydrogens (tertiary/aromatic N) is 3. The van der Waals surface area contributed by atoms with Crippen molar-refractivity contribution in [3.05, 3.63) is 24.0 Å². The quantitative estimate of drug-likeness (QED) is 0.717. The van der Waals surface area contributed by atoms with Crippen LogP contribution in [0.1, 0.15) is 32.6 Å². The predicted molar refractivity (Wildman–Crippen MR) is 111 cm³/mol. The van der Waals surface area contributed by atoms with Crippen molar-refractivity contribution in [2.45, 2.75) is 44.3 Å². The van der Waals surface area contributed by atoms with Crippen LogP contribution in [0, 0.1) is 29.0 Å². The standard InChI is InChI=1S/C22H27FN4O4/c1-14(28)25-12-17-13-27(21(29)31-17)16-4-5-20(19(23)10-16)26-8-6-22(30,7-9-26)18(11-24)15-2-3-15/h4-5,10,15,17-18,30H,2-3,6-9,12-13H2,1H3,(H,25,28). The van der Waals surface area contributed by atoms with Gasteiger partial charge in [-0.2, -0.15) is 5.26 Å². The summed E-state index contributed by atoms with van der Waals surface area (Å²) in [7, 11) is 0. The van der Waals surface area contributed by atoms with Gasteiger partial charge in [0.15, 0.2) is 0 Å². The molecule has 2 N–H and O–H groups in total. The summed E-state index contributed by atoms with van der Waals surface area (Å²) in [5, 5.41) is 23.0. The fraction of sp³-hybridized carbons (Fsp3) is 0.591. The molecule has 1 aliphatic carbocycles. The average molecular weight is 430 g/mol. The number of benzene rings is 1. The zero-order valence-corrected chi connectivity index (χ0v) is 17.5. The number of aliphatic hydroxyl groups is 1. The minimum Gasteiger partial charge on any atom is -0.442 e. The number of hydrogen-bond donors (Lipinski definition) is 2. The monoisotopic (exact) mass is 430 g/mol. The first-order chi connectivity index (χ1) is 14.8. The van der Waals surface area contributed by atoms with Gasteiger partial charge in [0.05, 0.1) is 42.1 Å². The van der Waals surface area contributed by atoms with E-state index in [0.29, 0.717) is 37.3 Å². The first kappa shape index (κ1) is 21.4. The summed E-state index contributed by atoms with van der Waals surface area (Å²) in [4.78, 5) is 26.4. The maximum Gasteiger partial charge on any atom is 0.414 e. The van der Waals surface area contributed by atoms with Crippen molar-refractivity contribution in [1.82, 2.24) is 5.32 Å². The molecule has 0 bridgehead atoms. The number of cyclic esters (lactones) is 1. The van der Waals surface area contributed by atoms with E-state index < -0.39 is 23.6 Å². The highest BCUT2D eigenvalue weighted by Gasteiger charge is 2.47. The molecule has 0 aromatic heterocycles. The number of piperidine rings is 1. The molecule has 1 saturated carbocycles. The van der Waals surface area contributed by atoms with Gasteiger partial charge in [-0.25, -0.2) is 9.18 Å². The molecule has 1 aromatic rings. The Morgan fingerprint density at radius 3 is 2.71 bits per heavy atom. The molecule has 2 amide bonds. The van der Waals surface area contributed by atoms with E-state index in [1.54, 1.807) is 12.1 Å². The highest BCUT2D eigenvalue weighted by atomic mass is 19.1. The third-order valence-electron chi connectivity index (χ3n) is 6.48. The van der Waals surface area contributed by atoms with Gasteiger partial charge in [0.2, 0.25) is 5.91 Å². The Hall–Kier alpha value is -2.86. The Kier molecular flexibility index (Phi) is 5.75. The molecule has 0 radical (unpaired) electrons. The minimum atomic E-state index is -1.01. The van der Waals surface area contributed by atoms with Gasteiger partial charge >= 0.3 is 6.09 Å². The van der Waals surface area contributed by atoms with Crippen LogP contribution in [0.2, 0.25) is 0 Å². The maximum absolute atomic E-state index is 14.9. The third kappa shape index (κ3) is 4.44. The summed E-state index contributed by atoms with van der Waals surface area (Å²) < 4.78 is 20.2. The summed E-state index contributed by atoms with van der Waals surface area (Å²) in [5.41, 5.74) is -0.207. The maximum atomic E-state index is 14.9. The van der Waals surface area contributed by atoms with E-state index in [1.165, 1.54) is 17.9 Å². The number of anilines is 2. The molecular weight excluding hydrogens is 403 g/mol. The smallest absolute Gasteiger partial charge is 0.414 e. The Labute approximate surface area is 180 Å². The normalized spacial score (nSPS) is 23.8. The summed E-state index contributed by atoms with van der Waals surface area (Å²) in [5.74, 6) is -0.739. The number of rotatable bonds is 6. The minimum absolute atomic E-state index is 0.208. The van der Waals surface area contributed by atoms with Crippen molar-refractivity contribution < 1.29 is 23.8 Å². The molecule has 166 valence electrons. The molecule has 2 aliphatic heterocycles. The van der Waals surface area contributed by atoms with Gasteiger partial charge in [-0.1, -0.05) is 0 Å². The summed E-state index contributed by atoms with van der Waals surface area (Å²) in [6.07, 6.45) is 1.76. The van der Waals surface area contributed by atoms with Gasteiger partial charge in [0.1, 0.15) is 11.9 Å². The van der Waals surface area contributed by atoms with Crippen molar-refractivity contribution in [1.29, 1.82) is 5.26 Å². The third-order valence-corrected chi connectivity index (χ3v) is 6.48. The zero-order valence-electron chi connectivity index (χ0n) is 17.5. The molecule has 1 aromatic carbocycles. The lowest BCUT2D eigenvalue weighted by atomic mass is 9.77. The van der Waals surface area contributed by atoms with E-state index in [0.717, 1.165) is 12.8 Å². The number of hydrogen-bond acceptors (Lipinski definition) is 6. The van der Waals surface area contributed by atoms with Gasteiger partial charge in [0.25, 0.3) is 0 Å². The van der Waals surface area contributed by atoms with Crippen LogP contribution >= 0.6 is 0 Å². The fourth-order valence-electron chi connectivity index (χ4n) is 4.56. The number of nitrogens with one attached hydrogen (secondary N) is 1. The number of amides is 2. The molecule has 3 aliphatic rings. The van der Waals surface area contributed by atoms with Crippen molar-refractivity contribution in [2.24, 2.45) is 11.8 Å². The van der Waals surface area contributed by atoms with Crippen LogP contribution in [-0.2, 0) is 9.53 Å². The average Bonchev–Trinajstić information content (AvgIpc) is 3.49. The van der Waals surface area contributed by atoms with Crippen LogP contribution in [0.5, 0.6) is 0 Å². The number of carbonyl (C=O) groups is 2. The summed E-state index contributed by atoms with van der Waals surface area (Å²) in [6, 6.07) is 6.89. The van der Waals surface area contributed by atoms with Crippen molar-refractivity contribution in [3.8, 4) is 6.07 Å². The highest BCUT2D eigenvalue weighted by molar-refractivity contribution is 5.90. The molecule has 2 unspecified atom stereocenters. The second-order valence-corrected chi connectivity index (χ2v) is 8.72. The van der Waals surface area contributed by atoms with E-state index in [4.69, 9.17) is 4.74 Å². The van der Waals surface area contributed by atoms with Crippen LogP contribution in [0.4, 0.5) is 20.6 Å². The number of ether oxygens (including phenoxy) is 1. The van der Waals surface area contributed by atoms with Crippen LogP contribution < -0.4 is 15.1 Å². The second-order valence-electron chi connectivity index (χ2n) is 8.72. The lowest BCUT2D eigenvalue weighted by molar-refractivity contribution is -0.119. The first-order valence-corrected chi connectivity index (χ1v) is 10.7. The molecule has 2 heterocycles. The van der Waals surface area contributed by atoms with Gasteiger partial charge in [-0.15, -0.1) is 0 Å². The Morgan fingerprint density at radius 1 is 1.42 bits per heavy atom. The van der Waals surface area contributed by atoms with Crippen LogP contribution in [0.25, 0.3) is 0 Å². The number of halogens is 1. The topological polar surface area (TPSA) is 106 Å². The van der Waals surface area contributed by atoms with Crippen LogP contribution in [0.3, 0.4) is 0 Å². The lowest BCUT2D eigenvalue weighted by Gasteiger charge is -2.41. The molecule has 4 rings (SSSR count). The predicted octanol–water partition coefficient (Wildman–Crippen LogP) is 2.17. The molecule has 31 heavy (non-hydrogen) atoms. The molecular formula is C22H27FN4O4. The molecule has 2 atom stereocenters. The zero-order chi connectivity index (χ0) is 22.2. The van der Waals surface area contributed by atoms with E-state index in [2.05, 4.69) is 11.4 Å². The number of nitriles is 1. The molecule has 9 heteroatoms. The number of carbonyl (C=O) groups excluding carboxylic acids is 2. The van der Waals surface area contributed by atoms with E-state index in [-0.39, 0.29) is 30.8 Å². The van der Waals surface area contributed by atoms with Gasteiger partial charge < -0.3 is 20.1 Å². The molecule has 3 fully saturated rings. The summed E-state index contributed by atoms with van der Waals surface area (Å²) in [6.45, 7) is 2.74. The van der Waals surface area contributed by atoms with Crippen molar-refractivity contribution in [2.75, 3.05) is 36.0 Å². The van der Waals surface area contributed by atoms with Gasteiger partial charge in [0, 0.05) is 20.0 Å². The van der Waals surface area contributed by atoms with E-state index in [9.17, 15) is 24.3 Å². The van der Waals surface area contributed by atoms with Gasteiger partial charge in [-0.05, 0) is 49.8 Å². The SMILES string of the molecule is CC(=O)NCC1CN(c2ccc(N3CCC(O)(C(C#N)C4CC4)CC3)c(F)c2)C(=O)O1. The van der Waals surface area contributed by atoms with E-state index >= 15 is 0 Å². The Bertz CT molecular complexity index is 905. The highest BCUT2D eigenvalue weighted by Crippen LogP contribution is 2.45. The lowest BCUT2D eigenvalue weighted by Crippen LogP contribution is -2.49.